The summed E-state index contributed by atoms with van der Waals surface area (Å²) in [5, 5.41) is 2.83. The number of hydrogen-bond acceptors (Lipinski definition) is 3. The molecule has 0 aliphatic carbocycles. The largest absolute Gasteiger partial charge is 0.450 e. The van der Waals surface area contributed by atoms with Crippen LogP contribution in [-0.2, 0) is 9.53 Å². The van der Waals surface area contributed by atoms with Gasteiger partial charge < -0.3 is 15.0 Å². The van der Waals surface area contributed by atoms with E-state index in [4.69, 9.17) is 4.74 Å². The molecule has 0 aromatic heterocycles. The van der Waals surface area contributed by atoms with Crippen LogP contribution in [0.2, 0.25) is 0 Å². The van der Waals surface area contributed by atoms with Crippen molar-refractivity contribution in [1.29, 1.82) is 0 Å². The van der Waals surface area contributed by atoms with Crippen LogP contribution < -0.4 is 5.32 Å². The predicted molar refractivity (Wildman–Crippen MR) is 69.1 cm³/mol. The third kappa shape index (κ3) is 4.20. The van der Waals surface area contributed by atoms with Gasteiger partial charge in [-0.1, -0.05) is 13.8 Å². The van der Waals surface area contributed by atoms with Gasteiger partial charge in [0.15, 0.2) is 0 Å². The van der Waals surface area contributed by atoms with Crippen molar-refractivity contribution in [2.75, 3.05) is 19.7 Å². The number of piperidine rings is 1. The quantitative estimate of drug-likeness (QED) is 0.835. The van der Waals surface area contributed by atoms with Gasteiger partial charge in [0.05, 0.1) is 12.6 Å². The highest BCUT2D eigenvalue weighted by Crippen LogP contribution is 2.24. The molecule has 1 aliphatic heterocycles. The molecule has 5 heteroatoms. The first-order chi connectivity index (χ1) is 8.43. The van der Waals surface area contributed by atoms with E-state index in [-0.39, 0.29) is 11.9 Å². The average Bonchev–Trinajstić information content (AvgIpc) is 2.28. The first-order valence-corrected chi connectivity index (χ1v) is 6.62. The molecule has 1 fully saturated rings. The smallest absolute Gasteiger partial charge is 0.407 e. The van der Waals surface area contributed by atoms with Crippen molar-refractivity contribution in [3.8, 4) is 0 Å². The molecule has 0 bridgehead atoms. The molecule has 1 aliphatic rings. The zero-order valence-electron chi connectivity index (χ0n) is 11.7. The van der Waals surface area contributed by atoms with Gasteiger partial charge in [0, 0.05) is 20.0 Å². The zero-order chi connectivity index (χ0) is 13.7. The number of carbonyl (C=O) groups is 2. The summed E-state index contributed by atoms with van der Waals surface area (Å²) in [7, 11) is 0. The van der Waals surface area contributed by atoms with Crippen molar-refractivity contribution >= 4 is 12.0 Å². The van der Waals surface area contributed by atoms with Gasteiger partial charge in [-0.25, -0.2) is 4.79 Å². The Labute approximate surface area is 109 Å². The van der Waals surface area contributed by atoms with E-state index in [2.05, 4.69) is 19.2 Å². The maximum absolute atomic E-state index is 11.5. The summed E-state index contributed by atoms with van der Waals surface area (Å²) in [6.45, 7) is 9.38. The fourth-order valence-electron chi connectivity index (χ4n) is 2.32. The Kier molecular flexibility index (Phi) is 5.44. The van der Waals surface area contributed by atoms with Crippen LogP contribution in [0.25, 0.3) is 0 Å². The van der Waals surface area contributed by atoms with Crippen molar-refractivity contribution in [2.24, 2.45) is 11.8 Å². The second-order valence-electron chi connectivity index (χ2n) is 5.23. The lowest BCUT2D eigenvalue weighted by molar-refractivity contribution is -0.131. The molecule has 104 valence electrons. The molecule has 0 aromatic rings. The van der Waals surface area contributed by atoms with Crippen molar-refractivity contribution in [3.05, 3.63) is 0 Å². The molecule has 1 rings (SSSR count). The van der Waals surface area contributed by atoms with Crippen molar-refractivity contribution in [2.45, 2.75) is 40.2 Å². The van der Waals surface area contributed by atoms with Gasteiger partial charge >= 0.3 is 6.09 Å². The fourth-order valence-corrected chi connectivity index (χ4v) is 2.32. The van der Waals surface area contributed by atoms with E-state index in [1.54, 1.807) is 13.8 Å². The number of alkyl carbamates (subject to hydrolysis) is 1. The van der Waals surface area contributed by atoms with Gasteiger partial charge in [-0.3, -0.25) is 4.79 Å². The maximum atomic E-state index is 11.5. The number of carbonyl (C=O) groups excluding carboxylic acids is 2. The highest BCUT2D eigenvalue weighted by Gasteiger charge is 2.31. The zero-order valence-corrected chi connectivity index (χ0v) is 11.7. The van der Waals surface area contributed by atoms with E-state index in [1.807, 2.05) is 4.90 Å². The third-order valence-electron chi connectivity index (χ3n) is 3.47. The van der Waals surface area contributed by atoms with Crippen molar-refractivity contribution in [1.82, 2.24) is 10.2 Å². The summed E-state index contributed by atoms with van der Waals surface area (Å²) in [6.07, 6.45) is 0.510. The standard InChI is InChI=1S/C13H24N2O3/c1-5-18-13(17)14-12-6-11(9(2)3)7-15(8-12)10(4)16/h9,11-12H,5-8H2,1-4H3,(H,14,17). The molecular formula is C13H24N2O3. The molecular weight excluding hydrogens is 232 g/mol. The minimum absolute atomic E-state index is 0.00546. The second kappa shape index (κ2) is 6.61. The van der Waals surface area contributed by atoms with Crippen LogP contribution >= 0.6 is 0 Å². The van der Waals surface area contributed by atoms with E-state index in [0.717, 1.165) is 13.0 Å². The lowest BCUT2D eigenvalue weighted by Gasteiger charge is -2.39. The normalized spacial score (nSPS) is 23.9. The topological polar surface area (TPSA) is 58.6 Å². The number of nitrogens with one attached hydrogen (secondary N) is 1. The average molecular weight is 256 g/mol. The molecule has 2 atom stereocenters. The molecule has 1 heterocycles. The number of ether oxygens (including phenoxy) is 1. The van der Waals surface area contributed by atoms with Crippen molar-refractivity contribution in [3.63, 3.8) is 0 Å². The first kappa shape index (κ1) is 14.8. The second-order valence-corrected chi connectivity index (χ2v) is 5.23. The minimum atomic E-state index is -0.393. The van der Waals surface area contributed by atoms with E-state index >= 15 is 0 Å². The van der Waals surface area contributed by atoms with Crippen LogP contribution in [0.5, 0.6) is 0 Å². The highest BCUT2D eigenvalue weighted by molar-refractivity contribution is 5.73. The van der Waals surface area contributed by atoms with Gasteiger partial charge in [0.2, 0.25) is 5.91 Å². The van der Waals surface area contributed by atoms with E-state index in [0.29, 0.717) is 25.0 Å². The van der Waals surface area contributed by atoms with Crippen LogP contribution in [0, 0.1) is 11.8 Å². The molecule has 5 nitrogen and oxygen atoms in total. The molecule has 0 spiro atoms. The summed E-state index contributed by atoms with van der Waals surface area (Å²) in [5.41, 5.74) is 0. The van der Waals surface area contributed by atoms with Gasteiger partial charge in [-0.05, 0) is 25.2 Å². The Balaban J connectivity index is 2.61. The van der Waals surface area contributed by atoms with Gasteiger partial charge in [-0.15, -0.1) is 0 Å². The number of rotatable bonds is 3. The molecule has 0 saturated carbocycles. The summed E-state index contributed by atoms with van der Waals surface area (Å²) in [6, 6.07) is -0.00546. The Morgan fingerprint density at radius 3 is 2.56 bits per heavy atom. The number of likely N-dealkylation sites (tertiary alicyclic amines) is 1. The lowest BCUT2D eigenvalue weighted by atomic mass is 9.85. The number of nitrogens with zero attached hydrogens (tertiary/aromatic N) is 1. The Bertz CT molecular complexity index is 305. The Morgan fingerprint density at radius 1 is 1.39 bits per heavy atom. The van der Waals surface area contributed by atoms with Crippen LogP contribution in [0.3, 0.4) is 0 Å². The predicted octanol–water partition coefficient (Wildman–Crippen LogP) is 1.63. The van der Waals surface area contributed by atoms with Crippen LogP contribution in [0.15, 0.2) is 0 Å². The lowest BCUT2D eigenvalue weighted by Crippen LogP contribution is -2.53. The molecule has 18 heavy (non-hydrogen) atoms. The first-order valence-electron chi connectivity index (χ1n) is 6.62. The molecule has 1 saturated heterocycles. The molecule has 2 unspecified atom stereocenters. The van der Waals surface area contributed by atoms with Crippen LogP contribution in [0.1, 0.15) is 34.1 Å². The van der Waals surface area contributed by atoms with Gasteiger partial charge in [0.1, 0.15) is 0 Å². The van der Waals surface area contributed by atoms with Gasteiger partial charge in [-0.2, -0.15) is 0 Å². The van der Waals surface area contributed by atoms with Crippen LogP contribution in [0.4, 0.5) is 4.79 Å². The summed E-state index contributed by atoms with van der Waals surface area (Å²) < 4.78 is 4.88. The van der Waals surface area contributed by atoms with Crippen LogP contribution in [-0.4, -0.2) is 42.6 Å². The Hall–Kier alpha value is -1.26. The van der Waals surface area contributed by atoms with E-state index < -0.39 is 6.09 Å². The SMILES string of the molecule is CCOC(=O)NC1CC(C(C)C)CN(C(C)=O)C1. The Morgan fingerprint density at radius 2 is 2.06 bits per heavy atom. The van der Waals surface area contributed by atoms with E-state index in [1.165, 1.54) is 0 Å². The fraction of sp³-hybridized carbons (Fsp3) is 0.846. The summed E-state index contributed by atoms with van der Waals surface area (Å²) in [4.78, 5) is 24.7. The minimum Gasteiger partial charge on any atom is -0.450 e. The highest BCUT2D eigenvalue weighted by atomic mass is 16.5. The number of amides is 2. The monoisotopic (exact) mass is 256 g/mol. The molecule has 1 N–H and O–H groups in total. The summed E-state index contributed by atoms with van der Waals surface area (Å²) >= 11 is 0. The molecule has 0 radical (unpaired) electrons. The van der Waals surface area contributed by atoms with Crippen molar-refractivity contribution < 1.29 is 14.3 Å². The molecule has 2 amide bonds. The third-order valence-corrected chi connectivity index (χ3v) is 3.47. The number of hydrogen-bond donors (Lipinski definition) is 1. The summed E-state index contributed by atoms with van der Waals surface area (Å²) in [5.74, 6) is 0.990. The maximum Gasteiger partial charge on any atom is 0.407 e. The van der Waals surface area contributed by atoms with Gasteiger partial charge in [0.25, 0.3) is 0 Å². The molecule has 0 aromatic carbocycles. The van der Waals surface area contributed by atoms with E-state index in [9.17, 15) is 9.59 Å².